The second kappa shape index (κ2) is 23.0. The third-order valence-corrected chi connectivity index (χ3v) is 16.2. The summed E-state index contributed by atoms with van der Waals surface area (Å²) in [4.78, 5) is 33.3. The van der Waals surface area contributed by atoms with E-state index in [0.717, 1.165) is 88.8 Å². The highest BCUT2D eigenvalue weighted by atomic mass is 16.5. The summed E-state index contributed by atoms with van der Waals surface area (Å²) in [6.45, 7) is 5.54. The highest BCUT2D eigenvalue weighted by Crippen LogP contribution is 2.48. The molecule has 4 fully saturated rings. The van der Waals surface area contributed by atoms with Crippen LogP contribution in [0.4, 0.5) is 0 Å². The van der Waals surface area contributed by atoms with Crippen LogP contribution in [0.3, 0.4) is 0 Å². The summed E-state index contributed by atoms with van der Waals surface area (Å²) in [7, 11) is 1.64. The molecule has 15 atom stereocenters. The number of rotatable bonds is 15. The first-order valence-electron chi connectivity index (χ1n) is 24.4. The van der Waals surface area contributed by atoms with E-state index in [1.54, 1.807) is 7.11 Å². The van der Waals surface area contributed by atoms with E-state index in [1.807, 2.05) is 6.21 Å². The zero-order valence-electron chi connectivity index (χ0n) is 37.2. The number of carbonyl (C=O) groups is 2. The summed E-state index contributed by atoms with van der Waals surface area (Å²) in [6, 6.07) is 0. The standard InChI is InChI=1S/C50H79N3O7/c1-4-10-41(45(56)28-39-25-38(30-53-39)31(2)11-8-9-20-54)37-23-33(21-32-18-19-52-48(51)24-32)22-35-14-16-40(34-12-6-5-7-13-34)42-29-46(57)47(60-3)27-36(42)15-17-44(55)50(59)49(58)43(35)26-37/h25,30-37,40-43,45-48,50,52,54,56-57H,4-13,15,17-24,26-29,51H2,1-3H3/p+1. The van der Waals surface area contributed by atoms with E-state index in [2.05, 4.69) is 37.1 Å². The summed E-state index contributed by atoms with van der Waals surface area (Å²) in [5.74, 6) is 8.31. The van der Waals surface area contributed by atoms with Crippen LogP contribution < -0.4 is 16.2 Å². The quantitative estimate of drug-likeness (QED) is 0.0658. The number of methoxy groups -OCH3 is 1. The van der Waals surface area contributed by atoms with Crippen LogP contribution in [0, 0.1) is 82.9 Å². The Hall–Kier alpha value is -2.10. The lowest BCUT2D eigenvalue weighted by Crippen LogP contribution is -2.94. The fraction of sp³-hybridized carbons (Fsp3) is 0.840. The monoisotopic (exact) mass is 835 g/mol. The minimum Gasteiger partial charge on any atom is -0.841 e. The molecule has 10 heteroatoms. The van der Waals surface area contributed by atoms with Gasteiger partial charge < -0.3 is 40.1 Å². The fourth-order valence-electron chi connectivity index (χ4n) is 12.8. The van der Waals surface area contributed by atoms with E-state index < -0.39 is 35.8 Å². The molecular weight excluding hydrogens is 755 g/mol. The number of aliphatic hydroxyl groups excluding tert-OH is 3. The van der Waals surface area contributed by atoms with Gasteiger partial charge in [0.15, 0.2) is 5.70 Å². The van der Waals surface area contributed by atoms with Crippen LogP contribution in [0.1, 0.15) is 149 Å². The van der Waals surface area contributed by atoms with Crippen LogP contribution in [-0.4, -0.2) is 83.9 Å². The normalized spacial score (nSPS) is 37.3. The van der Waals surface area contributed by atoms with Crippen molar-refractivity contribution < 1.29 is 40.1 Å². The minimum absolute atomic E-state index is 0.0189. The van der Waals surface area contributed by atoms with Gasteiger partial charge in [0.25, 0.3) is 0 Å². The zero-order chi connectivity index (χ0) is 42.8. The smallest absolute Gasteiger partial charge is 0.177 e. The van der Waals surface area contributed by atoms with Gasteiger partial charge in [0.2, 0.25) is 0 Å². The Balaban J connectivity index is 1.34. The molecule has 1 saturated heterocycles. The number of quaternary nitrogens is 1. The van der Waals surface area contributed by atoms with Crippen molar-refractivity contribution >= 4 is 17.8 Å². The highest BCUT2D eigenvalue weighted by Gasteiger charge is 2.46. The molecule has 4 aliphatic carbocycles. The number of fused-ring (bicyclic) bond motifs is 2. The van der Waals surface area contributed by atoms with Gasteiger partial charge in [-0.15, -0.1) is 4.99 Å². The van der Waals surface area contributed by atoms with Gasteiger partial charge in [-0.3, -0.25) is 5.73 Å². The molecule has 0 aromatic rings. The Labute approximate surface area is 361 Å². The number of ether oxygens (including phenoxy) is 1. The number of hydrogen-bond acceptors (Lipinski definition) is 9. The third kappa shape index (κ3) is 12.3. The average molecular weight is 835 g/mol. The van der Waals surface area contributed by atoms with Crippen molar-refractivity contribution in [3.05, 3.63) is 17.7 Å². The molecule has 0 spiro atoms. The second-order valence-electron chi connectivity index (χ2n) is 20.3. The molecular formula is C50H80N3O7+. The molecule has 15 unspecified atom stereocenters. The molecule has 336 valence electrons. The van der Waals surface area contributed by atoms with Gasteiger partial charge in [-0.05, 0) is 144 Å². The first-order chi connectivity index (χ1) is 29.0. The summed E-state index contributed by atoms with van der Waals surface area (Å²) < 4.78 is 5.73. The number of ketones is 2. The topological polar surface area (TPSA) is 182 Å². The molecule has 0 aromatic carbocycles. The molecule has 0 radical (unpaired) electrons. The van der Waals surface area contributed by atoms with Crippen molar-refractivity contribution in [2.45, 2.75) is 179 Å². The number of unbranched alkanes of at least 4 members (excludes halogenated alkanes) is 1. The van der Waals surface area contributed by atoms with Gasteiger partial charge >= 0.3 is 0 Å². The van der Waals surface area contributed by atoms with Gasteiger partial charge in [0.05, 0.1) is 31.3 Å². The van der Waals surface area contributed by atoms with Crippen molar-refractivity contribution in [2.75, 3.05) is 20.3 Å². The SMILES string of the molecule is CCCC(C(O)CC1=C[C+](C(C)CCCCO)C=N1)C1CC(CC2CC[NH2+]C(N)C2)CC2C#CC(C3CCCCC3)C3CC(O)C(OC)CC3CCC(=O)C([O-])C(=O)C2C1. The summed E-state index contributed by atoms with van der Waals surface area (Å²) in [6.07, 6.45) is 18.0. The van der Waals surface area contributed by atoms with Crippen LogP contribution in [0.5, 0.6) is 0 Å². The van der Waals surface area contributed by atoms with Crippen molar-refractivity contribution in [3.8, 4) is 11.8 Å². The molecule has 0 amide bonds. The molecule has 0 bridgehead atoms. The van der Waals surface area contributed by atoms with E-state index in [9.17, 15) is 30.0 Å². The molecule has 3 saturated carbocycles. The van der Waals surface area contributed by atoms with Crippen molar-refractivity contribution in [2.24, 2.45) is 75.8 Å². The van der Waals surface area contributed by atoms with E-state index >= 15 is 0 Å². The number of hydrogen-bond donors (Lipinski definition) is 5. The molecule has 10 nitrogen and oxygen atoms in total. The maximum atomic E-state index is 14.7. The molecule has 0 aromatic heterocycles. The summed E-state index contributed by atoms with van der Waals surface area (Å²) in [5.41, 5.74) is 7.37. The Morgan fingerprint density at radius 3 is 2.53 bits per heavy atom. The van der Waals surface area contributed by atoms with Crippen LogP contribution in [0.15, 0.2) is 16.8 Å². The first-order valence-corrected chi connectivity index (χ1v) is 24.4. The van der Waals surface area contributed by atoms with E-state index in [-0.39, 0.29) is 66.7 Å². The predicted octanol–water partition coefficient (Wildman–Crippen LogP) is 5.06. The number of aliphatic hydroxyl groups is 3. The maximum Gasteiger partial charge on any atom is 0.177 e. The predicted molar refractivity (Wildman–Crippen MR) is 233 cm³/mol. The average Bonchev–Trinajstić information content (AvgIpc) is 3.63. The summed E-state index contributed by atoms with van der Waals surface area (Å²) >= 11 is 0. The lowest BCUT2D eigenvalue weighted by molar-refractivity contribution is -0.699. The second-order valence-corrected chi connectivity index (χ2v) is 20.3. The molecule has 2 heterocycles. The van der Waals surface area contributed by atoms with Crippen LogP contribution in [-0.2, 0) is 14.3 Å². The van der Waals surface area contributed by atoms with Gasteiger partial charge in [0.1, 0.15) is 35.9 Å². The molecule has 7 N–H and O–H groups in total. The Morgan fingerprint density at radius 2 is 1.80 bits per heavy atom. The van der Waals surface area contributed by atoms with Gasteiger partial charge in [-0.1, -0.05) is 44.4 Å². The lowest BCUT2D eigenvalue weighted by atomic mass is 9.63. The van der Waals surface area contributed by atoms with Crippen molar-refractivity contribution in [1.82, 2.24) is 0 Å². The number of Topliss-reactive ketones (excluding diaryl/α,β-unsaturated/α-hetero) is 2. The van der Waals surface area contributed by atoms with E-state index in [0.29, 0.717) is 56.3 Å². The van der Waals surface area contributed by atoms with Gasteiger partial charge in [-0.25, -0.2) is 0 Å². The Morgan fingerprint density at radius 1 is 1.00 bits per heavy atom. The Bertz CT molecular complexity index is 1500. The van der Waals surface area contributed by atoms with E-state index in [1.165, 1.54) is 19.3 Å². The maximum absolute atomic E-state index is 14.7. The number of aliphatic imine (C=N–C) groups is 1. The van der Waals surface area contributed by atoms with Crippen LogP contribution in [0.25, 0.3) is 0 Å². The number of piperidine rings is 1. The number of nitrogens with two attached hydrogens (primary N) is 2. The molecule has 2 aliphatic heterocycles. The summed E-state index contributed by atoms with van der Waals surface area (Å²) in [5, 5.41) is 49.1. The van der Waals surface area contributed by atoms with E-state index in [4.69, 9.17) is 15.5 Å². The number of nitrogens with zero attached hydrogens (tertiary/aromatic N) is 1. The highest BCUT2D eigenvalue weighted by molar-refractivity contribution is 6.05. The Kier molecular flexibility index (Phi) is 18.2. The fourth-order valence-corrected chi connectivity index (χ4v) is 12.8. The van der Waals surface area contributed by atoms with Crippen molar-refractivity contribution in [1.29, 1.82) is 0 Å². The first kappa shape index (κ1) is 47.4. The largest absolute Gasteiger partial charge is 0.841 e. The lowest BCUT2D eigenvalue weighted by Gasteiger charge is -2.44. The minimum atomic E-state index is -1.94. The van der Waals surface area contributed by atoms with Crippen LogP contribution in [0.2, 0.25) is 0 Å². The number of carbonyl (C=O) groups excluding carboxylic acids is 2. The van der Waals surface area contributed by atoms with Gasteiger partial charge in [0, 0.05) is 50.2 Å². The molecule has 6 aliphatic rings. The third-order valence-electron chi connectivity index (χ3n) is 16.2. The van der Waals surface area contributed by atoms with Crippen molar-refractivity contribution in [3.63, 3.8) is 0 Å². The van der Waals surface area contributed by atoms with Crippen LogP contribution >= 0.6 is 0 Å². The zero-order valence-corrected chi connectivity index (χ0v) is 37.2. The molecule has 60 heavy (non-hydrogen) atoms. The van der Waals surface area contributed by atoms with Gasteiger partial charge in [-0.2, -0.15) is 0 Å². The number of allylic oxidation sites excluding steroid dienone is 1. The molecule has 6 rings (SSSR count).